The molecule has 0 bridgehead atoms. The first-order valence-electron chi connectivity index (χ1n) is 9.97. The van der Waals surface area contributed by atoms with Crippen molar-refractivity contribution in [3.63, 3.8) is 0 Å². The van der Waals surface area contributed by atoms with Crippen molar-refractivity contribution in [3.8, 4) is 0 Å². The summed E-state index contributed by atoms with van der Waals surface area (Å²) in [5.74, 6) is 0.862. The van der Waals surface area contributed by atoms with Crippen molar-refractivity contribution in [2.45, 2.75) is 0 Å². The molecule has 0 atom stereocenters. The van der Waals surface area contributed by atoms with Gasteiger partial charge in [0.1, 0.15) is 17.4 Å². The van der Waals surface area contributed by atoms with Crippen LogP contribution in [0, 0.1) is 5.41 Å². The first-order chi connectivity index (χ1) is 14.5. The number of H-pyrrole nitrogens is 1. The maximum absolute atomic E-state index is 10.6. The molecule has 3 N–H and O–H groups in total. The van der Waals surface area contributed by atoms with Gasteiger partial charge in [-0.05, 0) is 49.5 Å². The number of aliphatic hydroxyl groups excluding tert-OH is 1. The number of likely N-dealkylation sites (N-methyl/N-ethyl adjacent to an activating group) is 1. The smallest absolute Gasteiger partial charge is 0.145 e. The lowest BCUT2D eigenvalue weighted by molar-refractivity contribution is 0.313. The lowest BCUT2D eigenvalue weighted by atomic mass is 10.2. The van der Waals surface area contributed by atoms with Crippen LogP contribution < -0.4 is 9.80 Å². The Bertz CT molecular complexity index is 1140. The molecule has 3 heterocycles. The van der Waals surface area contributed by atoms with E-state index in [0.717, 1.165) is 48.6 Å². The van der Waals surface area contributed by atoms with Crippen LogP contribution in [0.15, 0.2) is 48.2 Å². The minimum Gasteiger partial charge on any atom is -0.509 e. The lowest BCUT2D eigenvalue weighted by Gasteiger charge is -2.34. The lowest BCUT2D eigenvalue weighted by Crippen LogP contribution is -2.44. The molecule has 1 saturated heterocycles. The third-order valence-corrected chi connectivity index (χ3v) is 6.06. The zero-order valence-corrected chi connectivity index (χ0v) is 17.4. The molecule has 2 aliphatic heterocycles. The number of piperazine rings is 1. The van der Waals surface area contributed by atoms with Crippen molar-refractivity contribution < 1.29 is 5.11 Å². The highest BCUT2D eigenvalue weighted by Crippen LogP contribution is 2.32. The molecule has 0 spiro atoms. The highest BCUT2D eigenvalue weighted by molar-refractivity contribution is 6.31. The monoisotopic (exact) mass is 422 g/mol. The number of amidine groups is 1. The number of aromatic amines is 1. The summed E-state index contributed by atoms with van der Waals surface area (Å²) in [4.78, 5) is 14.4. The fourth-order valence-electron chi connectivity index (χ4n) is 4.05. The molecule has 0 amide bonds. The van der Waals surface area contributed by atoms with Gasteiger partial charge >= 0.3 is 0 Å². The molecule has 2 aliphatic rings. The van der Waals surface area contributed by atoms with Crippen molar-refractivity contribution >= 4 is 45.4 Å². The fourth-order valence-corrected chi connectivity index (χ4v) is 4.17. The molecule has 0 unspecified atom stereocenters. The first kappa shape index (κ1) is 19.0. The Kier molecular flexibility index (Phi) is 4.64. The number of imidazole rings is 1. The van der Waals surface area contributed by atoms with Crippen LogP contribution in [0.4, 0.5) is 11.4 Å². The minimum absolute atomic E-state index is 0.133. The van der Waals surface area contributed by atoms with Crippen LogP contribution in [0.3, 0.4) is 0 Å². The average Bonchev–Trinajstić information content (AvgIpc) is 3.28. The SMILES string of the molecule is CN1CCN(c2ccc3nc(C4=C(O)CN(c5ccc(Cl)cc5)C4=N)[nH]c3c2)CC1. The van der Waals surface area contributed by atoms with Crippen molar-refractivity contribution in [1.82, 2.24) is 14.9 Å². The average molecular weight is 423 g/mol. The number of nitrogens with one attached hydrogen (secondary N) is 2. The third-order valence-electron chi connectivity index (χ3n) is 5.81. The summed E-state index contributed by atoms with van der Waals surface area (Å²) in [5, 5.41) is 19.9. The van der Waals surface area contributed by atoms with E-state index >= 15 is 0 Å². The summed E-state index contributed by atoms with van der Waals surface area (Å²) in [5.41, 5.74) is 4.12. The van der Waals surface area contributed by atoms with E-state index in [1.165, 1.54) is 0 Å². The maximum Gasteiger partial charge on any atom is 0.145 e. The standard InChI is InChI=1S/C22H23ClN6O/c1-27-8-10-28(11-9-27)16-6-7-17-18(12-16)26-22(25-17)20-19(30)13-29(21(20)24)15-4-2-14(23)3-5-15/h2-7,12,24,30H,8-11,13H2,1H3,(H,25,26). The van der Waals surface area contributed by atoms with Crippen LogP contribution >= 0.6 is 11.6 Å². The summed E-state index contributed by atoms with van der Waals surface area (Å²) in [6, 6.07) is 13.4. The van der Waals surface area contributed by atoms with Gasteiger partial charge in [0.05, 0.1) is 23.2 Å². The van der Waals surface area contributed by atoms with E-state index in [2.05, 4.69) is 38.9 Å². The number of anilines is 2. The predicted octanol–water partition coefficient (Wildman–Crippen LogP) is 3.73. The van der Waals surface area contributed by atoms with Crippen LogP contribution in [0.5, 0.6) is 0 Å². The number of hydrogen-bond acceptors (Lipinski definition) is 5. The van der Waals surface area contributed by atoms with Crippen molar-refractivity contribution in [2.75, 3.05) is 49.6 Å². The number of halogens is 1. The van der Waals surface area contributed by atoms with Crippen molar-refractivity contribution in [1.29, 1.82) is 5.41 Å². The van der Waals surface area contributed by atoms with Gasteiger partial charge < -0.3 is 24.8 Å². The Hall–Kier alpha value is -3.03. The number of aromatic nitrogens is 2. The summed E-state index contributed by atoms with van der Waals surface area (Å²) >= 11 is 5.98. The molecule has 5 rings (SSSR count). The molecule has 2 aromatic carbocycles. The molecule has 30 heavy (non-hydrogen) atoms. The molecule has 1 fully saturated rings. The topological polar surface area (TPSA) is 82.5 Å². The van der Waals surface area contributed by atoms with Crippen LogP contribution in [0.1, 0.15) is 5.82 Å². The Morgan fingerprint density at radius 2 is 1.73 bits per heavy atom. The Labute approximate surface area is 179 Å². The second-order valence-corrected chi connectivity index (χ2v) is 8.25. The number of fused-ring (bicyclic) bond motifs is 1. The molecular weight excluding hydrogens is 400 g/mol. The number of nitrogens with zero attached hydrogens (tertiary/aromatic N) is 4. The molecule has 0 aliphatic carbocycles. The second kappa shape index (κ2) is 7.34. The van der Waals surface area contributed by atoms with Crippen LogP contribution in [0.2, 0.25) is 5.02 Å². The second-order valence-electron chi connectivity index (χ2n) is 7.81. The van der Waals surface area contributed by atoms with Gasteiger partial charge in [-0.25, -0.2) is 4.98 Å². The molecule has 0 saturated carbocycles. The highest BCUT2D eigenvalue weighted by Gasteiger charge is 2.31. The van der Waals surface area contributed by atoms with Gasteiger partial charge in [0, 0.05) is 42.6 Å². The normalized spacial score (nSPS) is 18.1. The first-order valence-corrected chi connectivity index (χ1v) is 10.3. The molecule has 8 heteroatoms. The summed E-state index contributed by atoms with van der Waals surface area (Å²) in [6.07, 6.45) is 0. The Morgan fingerprint density at radius 3 is 2.47 bits per heavy atom. The molecular formula is C22H23ClN6O. The van der Waals surface area contributed by atoms with Gasteiger partial charge in [0.2, 0.25) is 0 Å². The van der Waals surface area contributed by atoms with Gasteiger partial charge in [0.15, 0.2) is 0 Å². The number of hydrogen-bond donors (Lipinski definition) is 3. The predicted molar refractivity (Wildman–Crippen MR) is 122 cm³/mol. The van der Waals surface area contributed by atoms with E-state index in [1.807, 2.05) is 18.2 Å². The van der Waals surface area contributed by atoms with E-state index in [9.17, 15) is 5.11 Å². The summed E-state index contributed by atoms with van der Waals surface area (Å²) < 4.78 is 0. The summed E-state index contributed by atoms with van der Waals surface area (Å²) in [7, 11) is 2.14. The van der Waals surface area contributed by atoms with Gasteiger partial charge in [-0.3, -0.25) is 5.41 Å². The number of rotatable bonds is 3. The minimum atomic E-state index is 0.133. The van der Waals surface area contributed by atoms with Crippen LogP contribution in [-0.2, 0) is 0 Å². The Morgan fingerprint density at radius 1 is 1.03 bits per heavy atom. The molecule has 1 aromatic heterocycles. The van der Waals surface area contributed by atoms with E-state index in [-0.39, 0.29) is 18.1 Å². The molecule has 3 aromatic rings. The van der Waals surface area contributed by atoms with Crippen molar-refractivity contribution in [3.05, 3.63) is 59.1 Å². The molecule has 7 nitrogen and oxygen atoms in total. The zero-order valence-electron chi connectivity index (χ0n) is 16.7. The van der Waals surface area contributed by atoms with Gasteiger partial charge in [-0.2, -0.15) is 0 Å². The largest absolute Gasteiger partial charge is 0.509 e. The van der Waals surface area contributed by atoms with Crippen molar-refractivity contribution in [2.24, 2.45) is 0 Å². The third kappa shape index (κ3) is 3.30. The fraction of sp³-hybridized carbons (Fsp3) is 0.273. The highest BCUT2D eigenvalue weighted by atomic mass is 35.5. The Balaban J connectivity index is 1.43. The van der Waals surface area contributed by atoms with Gasteiger partial charge in [-0.1, -0.05) is 11.6 Å². The van der Waals surface area contributed by atoms with E-state index in [1.54, 1.807) is 17.0 Å². The van der Waals surface area contributed by atoms with E-state index in [0.29, 0.717) is 16.4 Å². The van der Waals surface area contributed by atoms with Gasteiger partial charge in [-0.15, -0.1) is 0 Å². The quantitative estimate of drug-likeness (QED) is 0.599. The van der Waals surface area contributed by atoms with Crippen LogP contribution in [-0.4, -0.2) is 65.6 Å². The van der Waals surface area contributed by atoms with E-state index in [4.69, 9.17) is 17.0 Å². The van der Waals surface area contributed by atoms with E-state index < -0.39 is 0 Å². The summed E-state index contributed by atoms with van der Waals surface area (Å²) in [6.45, 7) is 4.32. The zero-order chi connectivity index (χ0) is 20.8. The van der Waals surface area contributed by atoms with Gasteiger partial charge in [0.25, 0.3) is 0 Å². The number of benzene rings is 2. The van der Waals surface area contributed by atoms with Crippen LogP contribution in [0.25, 0.3) is 16.6 Å². The maximum atomic E-state index is 10.6. The molecule has 154 valence electrons. The number of aliphatic hydroxyl groups is 1. The molecule has 0 radical (unpaired) electrons.